The summed E-state index contributed by atoms with van der Waals surface area (Å²) >= 11 is 0. The van der Waals surface area contributed by atoms with Gasteiger partial charge in [-0.3, -0.25) is 4.79 Å². The molecule has 0 radical (unpaired) electrons. The van der Waals surface area contributed by atoms with E-state index < -0.39 is 6.10 Å². The van der Waals surface area contributed by atoms with Crippen LogP contribution in [0.25, 0.3) is 0 Å². The fourth-order valence-corrected chi connectivity index (χ4v) is 1.44. The largest absolute Gasteiger partial charge is 0.460 e. The van der Waals surface area contributed by atoms with Gasteiger partial charge in [0.1, 0.15) is 12.2 Å². The third kappa shape index (κ3) is 2.48. The van der Waals surface area contributed by atoms with Gasteiger partial charge in [0, 0.05) is 0 Å². The summed E-state index contributed by atoms with van der Waals surface area (Å²) in [5.74, 6) is -0.260. The minimum atomic E-state index is -0.561. The van der Waals surface area contributed by atoms with E-state index in [1.165, 1.54) is 0 Å². The molecule has 0 aliphatic carbocycles. The summed E-state index contributed by atoms with van der Waals surface area (Å²) in [5.41, 5.74) is 0. The molecule has 0 saturated carbocycles. The predicted octanol–water partition coefficient (Wildman–Crippen LogP) is 1.24. The summed E-state index contributed by atoms with van der Waals surface area (Å²) in [4.78, 5) is 10.7. The highest BCUT2D eigenvalue weighted by atomic mass is 16.6. The van der Waals surface area contributed by atoms with Crippen molar-refractivity contribution in [2.75, 3.05) is 0 Å². The first kappa shape index (κ1) is 9.52. The molecule has 1 aliphatic heterocycles. The standard InChI is InChI=1S/C9H16O3/c1-2-3-4-5-8-7(10)6-9(11)12-8/h7-8,10H,2-6H2,1H3/t7-,8+/m1/s1. The topological polar surface area (TPSA) is 46.5 Å². The summed E-state index contributed by atoms with van der Waals surface area (Å²) in [6.45, 7) is 2.12. The first-order valence-corrected chi connectivity index (χ1v) is 4.61. The molecule has 2 atom stereocenters. The Kier molecular flexibility index (Phi) is 3.53. The lowest BCUT2D eigenvalue weighted by molar-refractivity contribution is -0.142. The maximum absolute atomic E-state index is 10.7. The highest BCUT2D eigenvalue weighted by molar-refractivity contribution is 5.72. The molecule has 0 aromatic carbocycles. The van der Waals surface area contributed by atoms with Gasteiger partial charge in [0.25, 0.3) is 0 Å². The van der Waals surface area contributed by atoms with E-state index >= 15 is 0 Å². The van der Waals surface area contributed by atoms with Gasteiger partial charge < -0.3 is 9.84 Å². The van der Waals surface area contributed by atoms with Crippen molar-refractivity contribution < 1.29 is 14.6 Å². The molecule has 0 unspecified atom stereocenters. The van der Waals surface area contributed by atoms with E-state index in [2.05, 4.69) is 6.92 Å². The third-order valence-corrected chi connectivity index (χ3v) is 2.18. The van der Waals surface area contributed by atoms with Crippen LogP contribution in [-0.2, 0) is 9.53 Å². The summed E-state index contributed by atoms with van der Waals surface area (Å²) < 4.78 is 4.93. The molecule has 1 saturated heterocycles. The van der Waals surface area contributed by atoms with Gasteiger partial charge in [0.2, 0.25) is 0 Å². The maximum atomic E-state index is 10.7. The van der Waals surface area contributed by atoms with E-state index in [1.807, 2.05) is 0 Å². The molecule has 0 aromatic rings. The molecule has 0 aromatic heterocycles. The van der Waals surface area contributed by atoms with Gasteiger partial charge in [-0.25, -0.2) is 0 Å². The van der Waals surface area contributed by atoms with Crippen molar-refractivity contribution in [2.45, 2.75) is 51.2 Å². The third-order valence-electron chi connectivity index (χ3n) is 2.18. The van der Waals surface area contributed by atoms with Gasteiger partial charge in [-0.05, 0) is 12.8 Å². The Labute approximate surface area is 72.7 Å². The van der Waals surface area contributed by atoms with Crippen LogP contribution < -0.4 is 0 Å². The normalized spacial score (nSPS) is 29.0. The quantitative estimate of drug-likeness (QED) is 0.512. The second-order valence-corrected chi connectivity index (χ2v) is 3.30. The molecule has 12 heavy (non-hydrogen) atoms. The Morgan fingerprint density at radius 2 is 2.33 bits per heavy atom. The van der Waals surface area contributed by atoms with Crippen LogP contribution in [0.1, 0.15) is 39.0 Å². The van der Waals surface area contributed by atoms with Crippen LogP contribution in [0.3, 0.4) is 0 Å². The predicted molar refractivity (Wildman–Crippen MR) is 44.6 cm³/mol. The highest BCUT2D eigenvalue weighted by Crippen LogP contribution is 2.19. The smallest absolute Gasteiger partial charge is 0.308 e. The van der Waals surface area contributed by atoms with Crippen molar-refractivity contribution >= 4 is 5.97 Å². The Balaban J connectivity index is 2.19. The SMILES string of the molecule is CCCCC[C@@H]1OC(=O)C[C@H]1O. The zero-order valence-electron chi connectivity index (χ0n) is 7.45. The number of hydrogen-bond acceptors (Lipinski definition) is 3. The fourth-order valence-electron chi connectivity index (χ4n) is 1.44. The number of carbonyl (C=O) groups is 1. The zero-order chi connectivity index (χ0) is 8.97. The molecule has 1 aliphatic rings. The molecule has 1 heterocycles. The van der Waals surface area contributed by atoms with Crippen LogP contribution in [0.15, 0.2) is 0 Å². The first-order valence-electron chi connectivity index (χ1n) is 4.61. The van der Waals surface area contributed by atoms with Crippen LogP contribution in [0, 0.1) is 0 Å². The Morgan fingerprint density at radius 1 is 1.58 bits per heavy atom. The van der Waals surface area contributed by atoms with Gasteiger partial charge in [0.15, 0.2) is 0 Å². The lowest BCUT2D eigenvalue weighted by Crippen LogP contribution is -2.20. The van der Waals surface area contributed by atoms with Gasteiger partial charge in [-0.15, -0.1) is 0 Å². The summed E-state index contributed by atoms with van der Waals surface area (Å²) in [7, 11) is 0. The van der Waals surface area contributed by atoms with E-state index in [9.17, 15) is 9.90 Å². The monoisotopic (exact) mass is 172 g/mol. The highest BCUT2D eigenvalue weighted by Gasteiger charge is 2.32. The molecule has 0 spiro atoms. The van der Waals surface area contributed by atoms with E-state index in [4.69, 9.17) is 4.74 Å². The van der Waals surface area contributed by atoms with E-state index in [0.29, 0.717) is 0 Å². The number of hydrogen-bond donors (Lipinski definition) is 1. The summed E-state index contributed by atoms with van der Waals surface area (Å²) in [6.07, 6.45) is 3.51. The average molecular weight is 172 g/mol. The molecule has 70 valence electrons. The lowest BCUT2D eigenvalue weighted by atomic mass is 10.1. The summed E-state index contributed by atoms with van der Waals surface area (Å²) in [5, 5.41) is 9.31. The minimum Gasteiger partial charge on any atom is -0.460 e. The number of ether oxygens (including phenoxy) is 1. The number of carbonyl (C=O) groups excluding carboxylic acids is 1. The van der Waals surface area contributed by atoms with E-state index in [0.717, 1.165) is 25.7 Å². The van der Waals surface area contributed by atoms with Crippen molar-refractivity contribution in [2.24, 2.45) is 0 Å². The van der Waals surface area contributed by atoms with E-state index in [1.54, 1.807) is 0 Å². The average Bonchev–Trinajstić information content (AvgIpc) is 2.31. The van der Waals surface area contributed by atoms with E-state index in [-0.39, 0.29) is 18.5 Å². The molecule has 1 N–H and O–H groups in total. The number of rotatable bonds is 4. The van der Waals surface area contributed by atoms with Crippen LogP contribution >= 0.6 is 0 Å². The molecular weight excluding hydrogens is 156 g/mol. The molecule has 0 amide bonds. The van der Waals surface area contributed by atoms with Crippen LogP contribution in [-0.4, -0.2) is 23.3 Å². The van der Waals surface area contributed by atoms with Crippen LogP contribution in [0.2, 0.25) is 0 Å². The number of aliphatic hydroxyl groups excluding tert-OH is 1. The number of aliphatic hydroxyl groups is 1. The Bertz CT molecular complexity index is 156. The fraction of sp³-hybridized carbons (Fsp3) is 0.889. The van der Waals surface area contributed by atoms with Crippen molar-refractivity contribution in [3.05, 3.63) is 0 Å². The van der Waals surface area contributed by atoms with Crippen molar-refractivity contribution in [1.29, 1.82) is 0 Å². The summed E-state index contributed by atoms with van der Waals surface area (Å²) in [6, 6.07) is 0. The molecular formula is C9H16O3. The second-order valence-electron chi connectivity index (χ2n) is 3.30. The van der Waals surface area contributed by atoms with Gasteiger partial charge in [0.05, 0.1) is 6.42 Å². The minimum absolute atomic E-state index is 0.177. The number of unbranched alkanes of at least 4 members (excludes halogenated alkanes) is 2. The number of cyclic esters (lactones) is 1. The zero-order valence-corrected chi connectivity index (χ0v) is 7.45. The number of esters is 1. The van der Waals surface area contributed by atoms with Crippen LogP contribution in [0.4, 0.5) is 0 Å². The molecule has 3 nitrogen and oxygen atoms in total. The maximum Gasteiger partial charge on any atom is 0.308 e. The second kappa shape index (κ2) is 4.45. The van der Waals surface area contributed by atoms with Gasteiger partial charge in [-0.2, -0.15) is 0 Å². The van der Waals surface area contributed by atoms with Crippen LogP contribution in [0.5, 0.6) is 0 Å². The Morgan fingerprint density at radius 3 is 2.83 bits per heavy atom. The molecule has 1 fully saturated rings. The molecule has 3 heteroatoms. The Hall–Kier alpha value is -0.570. The first-order chi connectivity index (χ1) is 5.74. The van der Waals surface area contributed by atoms with Crippen molar-refractivity contribution in [1.82, 2.24) is 0 Å². The van der Waals surface area contributed by atoms with Gasteiger partial charge in [-0.1, -0.05) is 19.8 Å². The molecule has 0 bridgehead atoms. The van der Waals surface area contributed by atoms with Crippen molar-refractivity contribution in [3.63, 3.8) is 0 Å². The van der Waals surface area contributed by atoms with Gasteiger partial charge >= 0.3 is 5.97 Å². The van der Waals surface area contributed by atoms with Crippen molar-refractivity contribution in [3.8, 4) is 0 Å². The lowest BCUT2D eigenvalue weighted by Gasteiger charge is -2.11. The molecule has 1 rings (SSSR count).